The van der Waals surface area contributed by atoms with Gasteiger partial charge in [-0.2, -0.15) is 0 Å². The molecule has 0 aliphatic carbocycles. The summed E-state index contributed by atoms with van der Waals surface area (Å²) in [6, 6.07) is 13.9. The van der Waals surface area contributed by atoms with Crippen LogP contribution in [0.15, 0.2) is 61.1 Å². The molecule has 20 heavy (non-hydrogen) atoms. The van der Waals surface area contributed by atoms with Crippen LogP contribution in [0.3, 0.4) is 0 Å². The number of hydrogen-bond donors (Lipinski definition) is 2. The lowest BCUT2D eigenvalue weighted by Gasteiger charge is -2.07. The van der Waals surface area contributed by atoms with Crippen LogP contribution < -0.4 is 11.2 Å². The molecule has 3 aromatic rings. The highest BCUT2D eigenvalue weighted by molar-refractivity contribution is 5.60. The number of imidazole rings is 1. The number of nitrogens with zero attached hydrogens (tertiary/aromatic N) is 3. The molecular weight excluding hydrogens is 250 g/mol. The molecule has 3 rings (SSSR count). The second-order valence-corrected chi connectivity index (χ2v) is 4.41. The van der Waals surface area contributed by atoms with Gasteiger partial charge in [0.05, 0.1) is 18.4 Å². The quantitative estimate of drug-likeness (QED) is 0.759. The molecule has 0 radical (unpaired) electrons. The highest BCUT2D eigenvalue weighted by Crippen LogP contribution is 2.18. The second kappa shape index (κ2) is 5.44. The number of anilines is 1. The number of nitrogens with two attached hydrogens (primary N) is 1. The van der Waals surface area contributed by atoms with Crippen molar-refractivity contribution < 1.29 is 0 Å². The van der Waals surface area contributed by atoms with Gasteiger partial charge in [0.2, 0.25) is 5.95 Å². The van der Waals surface area contributed by atoms with Crippen LogP contribution in [0, 0.1) is 0 Å². The lowest BCUT2D eigenvalue weighted by Crippen LogP contribution is -2.15. The number of aromatic nitrogens is 3. The Bertz CT molecular complexity index is 676. The first-order valence-electron chi connectivity index (χ1n) is 6.36. The van der Waals surface area contributed by atoms with Crippen molar-refractivity contribution in [1.82, 2.24) is 14.6 Å². The zero-order chi connectivity index (χ0) is 13.8. The van der Waals surface area contributed by atoms with E-state index in [1.807, 2.05) is 48.7 Å². The molecule has 1 aromatic carbocycles. The summed E-state index contributed by atoms with van der Waals surface area (Å²) in [7, 11) is 0. The van der Waals surface area contributed by atoms with Crippen molar-refractivity contribution in [2.24, 2.45) is 0 Å². The predicted octanol–water partition coefficient (Wildman–Crippen LogP) is 2.27. The first kappa shape index (κ1) is 12.2. The van der Waals surface area contributed by atoms with E-state index in [0.717, 1.165) is 16.8 Å². The summed E-state index contributed by atoms with van der Waals surface area (Å²) in [6.45, 7) is 0.664. The summed E-state index contributed by atoms with van der Waals surface area (Å²) in [4.78, 5) is 8.35. The Kier molecular flexibility index (Phi) is 3.33. The van der Waals surface area contributed by atoms with Gasteiger partial charge in [-0.25, -0.2) is 9.66 Å². The Morgan fingerprint density at radius 2 is 1.80 bits per heavy atom. The Morgan fingerprint density at radius 3 is 2.55 bits per heavy atom. The van der Waals surface area contributed by atoms with Crippen molar-refractivity contribution >= 4 is 5.95 Å². The smallest absolute Gasteiger partial charge is 0.219 e. The van der Waals surface area contributed by atoms with Crippen molar-refractivity contribution in [1.29, 1.82) is 0 Å². The fraction of sp³-hybridized carbons (Fsp3) is 0.0667. The van der Waals surface area contributed by atoms with E-state index < -0.39 is 0 Å². The summed E-state index contributed by atoms with van der Waals surface area (Å²) >= 11 is 0. The van der Waals surface area contributed by atoms with E-state index in [1.54, 1.807) is 17.1 Å². The Balaban J connectivity index is 1.76. The Hall–Kier alpha value is -2.82. The van der Waals surface area contributed by atoms with E-state index in [-0.39, 0.29) is 0 Å². The second-order valence-electron chi connectivity index (χ2n) is 4.41. The molecule has 0 bridgehead atoms. The SMILES string of the molecule is Nc1nc(-c2ccccc2)cn1NCc1ccncc1. The highest BCUT2D eigenvalue weighted by Gasteiger charge is 2.06. The molecule has 0 aliphatic heterocycles. The maximum absolute atomic E-state index is 5.92. The number of benzene rings is 1. The lowest BCUT2D eigenvalue weighted by atomic mass is 10.2. The molecule has 3 N–H and O–H groups in total. The van der Waals surface area contributed by atoms with E-state index >= 15 is 0 Å². The van der Waals surface area contributed by atoms with Gasteiger partial charge in [-0.3, -0.25) is 4.98 Å². The predicted molar refractivity (Wildman–Crippen MR) is 79.4 cm³/mol. The summed E-state index contributed by atoms with van der Waals surface area (Å²) in [5.74, 6) is 0.443. The monoisotopic (exact) mass is 265 g/mol. The van der Waals surface area contributed by atoms with Crippen LogP contribution >= 0.6 is 0 Å². The van der Waals surface area contributed by atoms with Crippen LogP contribution in [0.2, 0.25) is 0 Å². The van der Waals surface area contributed by atoms with Gasteiger partial charge in [-0.05, 0) is 17.7 Å². The Labute approximate surface area is 117 Å². The first-order chi connectivity index (χ1) is 9.83. The number of nitrogens with one attached hydrogen (secondary N) is 1. The molecule has 0 atom stereocenters. The molecule has 0 amide bonds. The largest absolute Gasteiger partial charge is 0.368 e. The molecule has 0 unspecified atom stereocenters. The number of rotatable bonds is 4. The average Bonchev–Trinajstić information content (AvgIpc) is 2.88. The minimum absolute atomic E-state index is 0.443. The molecule has 2 heterocycles. The molecule has 5 nitrogen and oxygen atoms in total. The highest BCUT2D eigenvalue weighted by atomic mass is 15.4. The van der Waals surface area contributed by atoms with E-state index in [9.17, 15) is 0 Å². The third kappa shape index (κ3) is 2.61. The third-order valence-corrected chi connectivity index (χ3v) is 3.01. The Morgan fingerprint density at radius 1 is 1.05 bits per heavy atom. The van der Waals surface area contributed by atoms with Crippen molar-refractivity contribution in [3.05, 3.63) is 66.6 Å². The summed E-state index contributed by atoms with van der Waals surface area (Å²) in [5.41, 5.74) is 12.2. The molecule has 0 spiro atoms. The minimum atomic E-state index is 0.443. The van der Waals surface area contributed by atoms with Gasteiger partial charge in [0.1, 0.15) is 0 Å². The van der Waals surface area contributed by atoms with E-state index in [2.05, 4.69) is 15.4 Å². The zero-order valence-corrected chi connectivity index (χ0v) is 10.9. The van der Waals surface area contributed by atoms with Gasteiger partial charge in [0.15, 0.2) is 0 Å². The fourth-order valence-corrected chi connectivity index (χ4v) is 1.95. The van der Waals surface area contributed by atoms with E-state index in [1.165, 1.54) is 0 Å². The van der Waals surface area contributed by atoms with Crippen molar-refractivity contribution in [3.8, 4) is 11.3 Å². The molecule has 0 saturated heterocycles. The fourth-order valence-electron chi connectivity index (χ4n) is 1.95. The van der Waals surface area contributed by atoms with Crippen molar-refractivity contribution in [2.75, 3.05) is 11.2 Å². The maximum Gasteiger partial charge on any atom is 0.219 e. The molecule has 0 aliphatic rings. The maximum atomic E-state index is 5.92. The molecule has 5 heteroatoms. The van der Waals surface area contributed by atoms with Gasteiger partial charge in [0, 0.05) is 18.0 Å². The number of hydrogen-bond acceptors (Lipinski definition) is 4. The van der Waals surface area contributed by atoms with Crippen LogP contribution in [-0.2, 0) is 6.54 Å². The van der Waals surface area contributed by atoms with Crippen LogP contribution in [0.4, 0.5) is 5.95 Å². The minimum Gasteiger partial charge on any atom is -0.368 e. The van der Waals surface area contributed by atoms with Crippen molar-refractivity contribution in [3.63, 3.8) is 0 Å². The molecule has 2 aromatic heterocycles. The van der Waals surface area contributed by atoms with E-state index in [4.69, 9.17) is 5.73 Å². The molecule has 100 valence electrons. The van der Waals surface area contributed by atoms with Gasteiger partial charge >= 0.3 is 0 Å². The van der Waals surface area contributed by atoms with Crippen molar-refractivity contribution in [2.45, 2.75) is 6.54 Å². The van der Waals surface area contributed by atoms with Crippen LogP contribution in [-0.4, -0.2) is 14.6 Å². The van der Waals surface area contributed by atoms with Crippen LogP contribution in [0.5, 0.6) is 0 Å². The number of nitrogen functional groups attached to an aromatic ring is 1. The standard InChI is InChI=1S/C15H15N5/c16-15-19-14(13-4-2-1-3-5-13)11-20(15)18-10-12-6-8-17-9-7-12/h1-9,11,18H,10H2,(H2,16,19). The van der Waals surface area contributed by atoms with Gasteiger partial charge in [-0.1, -0.05) is 30.3 Å². The first-order valence-corrected chi connectivity index (χ1v) is 6.36. The molecule has 0 fully saturated rings. The summed E-state index contributed by atoms with van der Waals surface area (Å²) in [6.07, 6.45) is 5.43. The number of pyridine rings is 1. The average molecular weight is 265 g/mol. The third-order valence-electron chi connectivity index (χ3n) is 3.01. The lowest BCUT2D eigenvalue weighted by molar-refractivity contribution is 0.849. The topological polar surface area (TPSA) is 68.8 Å². The normalized spacial score (nSPS) is 10.4. The van der Waals surface area contributed by atoms with Crippen LogP contribution in [0.1, 0.15) is 5.56 Å². The van der Waals surface area contributed by atoms with E-state index in [0.29, 0.717) is 12.5 Å². The van der Waals surface area contributed by atoms with Crippen LogP contribution in [0.25, 0.3) is 11.3 Å². The van der Waals surface area contributed by atoms with Gasteiger partial charge in [0.25, 0.3) is 0 Å². The van der Waals surface area contributed by atoms with Gasteiger partial charge in [-0.15, -0.1) is 0 Å². The summed E-state index contributed by atoms with van der Waals surface area (Å²) in [5, 5.41) is 0. The molecular formula is C15H15N5. The molecule has 0 saturated carbocycles. The zero-order valence-electron chi connectivity index (χ0n) is 10.9. The van der Waals surface area contributed by atoms with Gasteiger partial charge < -0.3 is 11.2 Å². The summed E-state index contributed by atoms with van der Waals surface area (Å²) < 4.78 is 1.74.